The van der Waals surface area contributed by atoms with Crippen molar-refractivity contribution in [2.45, 2.75) is 297 Å². The van der Waals surface area contributed by atoms with Crippen LogP contribution in [0.15, 0.2) is 60.8 Å². The molecule has 0 amide bonds. The largest absolute Gasteiger partial charge is 0.462 e. The van der Waals surface area contributed by atoms with Gasteiger partial charge in [0.1, 0.15) is 13.2 Å². The van der Waals surface area contributed by atoms with Crippen molar-refractivity contribution >= 4 is 17.9 Å². The number of ether oxygens (including phenoxy) is 3. The number of hydrogen-bond acceptors (Lipinski definition) is 6. The van der Waals surface area contributed by atoms with Gasteiger partial charge in [-0.05, 0) is 89.9 Å². The van der Waals surface area contributed by atoms with Crippen molar-refractivity contribution in [3.63, 3.8) is 0 Å². The van der Waals surface area contributed by atoms with E-state index in [-0.39, 0.29) is 31.1 Å². The highest BCUT2D eigenvalue weighted by atomic mass is 16.6. The Kier molecular flexibility index (Phi) is 53.3. The summed E-state index contributed by atoms with van der Waals surface area (Å²) >= 11 is 0. The number of rotatable bonds is 52. The van der Waals surface area contributed by atoms with Crippen LogP contribution in [0, 0.1) is 0 Å². The summed E-state index contributed by atoms with van der Waals surface area (Å²) in [7, 11) is 0. The fourth-order valence-electron chi connectivity index (χ4n) is 8.13. The van der Waals surface area contributed by atoms with E-state index < -0.39 is 6.10 Å². The predicted octanol–water partition coefficient (Wildman–Crippen LogP) is 19.2. The molecule has 0 radical (unpaired) electrons. The van der Waals surface area contributed by atoms with Gasteiger partial charge in [-0.2, -0.15) is 0 Å². The number of esters is 3. The highest BCUT2D eigenvalue weighted by molar-refractivity contribution is 5.71. The Bertz CT molecular complexity index is 1210. The molecule has 0 aromatic carbocycles. The van der Waals surface area contributed by atoms with Gasteiger partial charge in [-0.25, -0.2) is 0 Å². The Morgan fingerprint density at radius 1 is 0.299 bits per heavy atom. The number of hydrogen-bond donors (Lipinski definition) is 0. The van der Waals surface area contributed by atoms with Crippen molar-refractivity contribution < 1.29 is 28.6 Å². The maximum Gasteiger partial charge on any atom is 0.306 e. The quantitative estimate of drug-likeness (QED) is 0.0262. The van der Waals surface area contributed by atoms with E-state index in [0.29, 0.717) is 19.3 Å². The number of allylic oxidation sites excluding steroid dienone is 10. The Balaban J connectivity index is 4.42. The first-order valence-corrected chi connectivity index (χ1v) is 28.8. The number of carbonyl (C=O) groups is 3. The Morgan fingerprint density at radius 2 is 0.537 bits per heavy atom. The molecule has 6 heteroatoms. The molecule has 0 saturated carbocycles. The number of carbonyl (C=O) groups excluding carboxylic acids is 3. The molecule has 0 saturated heterocycles. The minimum Gasteiger partial charge on any atom is -0.462 e. The van der Waals surface area contributed by atoms with E-state index in [4.69, 9.17) is 14.2 Å². The Labute approximate surface area is 415 Å². The topological polar surface area (TPSA) is 78.9 Å². The van der Waals surface area contributed by atoms with Crippen LogP contribution in [0.4, 0.5) is 0 Å². The molecule has 0 N–H and O–H groups in total. The molecule has 6 nitrogen and oxygen atoms in total. The molecular formula is C61H108O6. The first kappa shape index (κ1) is 64.1. The van der Waals surface area contributed by atoms with Gasteiger partial charge in [0.2, 0.25) is 0 Å². The molecule has 388 valence electrons. The summed E-state index contributed by atoms with van der Waals surface area (Å²) in [6.45, 7) is 6.58. The highest BCUT2D eigenvalue weighted by Crippen LogP contribution is 2.16. The molecule has 0 heterocycles. The van der Waals surface area contributed by atoms with Gasteiger partial charge in [0.15, 0.2) is 6.10 Å². The van der Waals surface area contributed by atoms with Gasteiger partial charge in [-0.3, -0.25) is 14.4 Å². The summed E-state index contributed by atoms with van der Waals surface area (Å²) < 4.78 is 16.8. The van der Waals surface area contributed by atoms with Crippen molar-refractivity contribution in [1.82, 2.24) is 0 Å². The first-order valence-electron chi connectivity index (χ1n) is 28.8. The van der Waals surface area contributed by atoms with Crippen molar-refractivity contribution in [2.75, 3.05) is 13.2 Å². The van der Waals surface area contributed by atoms with Gasteiger partial charge < -0.3 is 14.2 Å². The molecule has 0 spiro atoms. The Hall–Kier alpha value is -2.89. The third-order valence-corrected chi connectivity index (χ3v) is 12.5. The molecule has 0 aromatic heterocycles. The van der Waals surface area contributed by atoms with Crippen LogP contribution in [0.25, 0.3) is 0 Å². The average molecular weight is 938 g/mol. The minimum absolute atomic E-state index is 0.0867. The van der Waals surface area contributed by atoms with E-state index in [1.165, 1.54) is 148 Å². The molecule has 0 aromatic rings. The van der Waals surface area contributed by atoms with E-state index >= 15 is 0 Å². The monoisotopic (exact) mass is 937 g/mol. The van der Waals surface area contributed by atoms with E-state index in [1.807, 2.05) is 0 Å². The summed E-state index contributed by atoms with van der Waals surface area (Å²) in [5.74, 6) is -0.909. The highest BCUT2D eigenvalue weighted by Gasteiger charge is 2.19. The van der Waals surface area contributed by atoms with Crippen LogP contribution < -0.4 is 0 Å². The summed E-state index contributed by atoms with van der Waals surface area (Å²) in [6.07, 6.45) is 69.2. The summed E-state index contributed by atoms with van der Waals surface area (Å²) in [4.78, 5) is 38.1. The SMILES string of the molecule is CCCCC/C=C/C/C=C/C/C=C/CCCCCCC(=O)OC[C@@H](COC(=O)CCCCCCC/C=C/C/C=C/CCCCC)OC(=O)CCCCCCCCCCCCCCCCCCC. The third kappa shape index (κ3) is 53.9. The average Bonchev–Trinajstić information content (AvgIpc) is 3.33. The van der Waals surface area contributed by atoms with Crippen LogP contribution in [0.1, 0.15) is 290 Å². The van der Waals surface area contributed by atoms with E-state index in [9.17, 15) is 14.4 Å². The zero-order valence-corrected chi connectivity index (χ0v) is 44.4. The molecular weight excluding hydrogens is 829 g/mol. The van der Waals surface area contributed by atoms with Gasteiger partial charge in [-0.15, -0.1) is 0 Å². The summed E-state index contributed by atoms with van der Waals surface area (Å²) in [6, 6.07) is 0. The van der Waals surface area contributed by atoms with Crippen LogP contribution in [-0.4, -0.2) is 37.2 Å². The normalized spacial score (nSPS) is 12.5. The van der Waals surface area contributed by atoms with Crippen molar-refractivity contribution in [2.24, 2.45) is 0 Å². The molecule has 0 unspecified atom stereocenters. The summed E-state index contributed by atoms with van der Waals surface area (Å²) in [5.41, 5.74) is 0. The van der Waals surface area contributed by atoms with Crippen molar-refractivity contribution in [3.8, 4) is 0 Å². The zero-order chi connectivity index (χ0) is 48.6. The Morgan fingerprint density at radius 3 is 0.866 bits per heavy atom. The fourth-order valence-corrected chi connectivity index (χ4v) is 8.13. The smallest absolute Gasteiger partial charge is 0.306 e. The van der Waals surface area contributed by atoms with Gasteiger partial charge in [0.05, 0.1) is 0 Å². The van der Waals surface area contributed by atoms with E-state index in [0.717, 1.165) is 103 Å². The van der Waals surface area contributed by atoms with Gasteiger partial charge >= 0.3 is 17.9 Å². The van der Waals surface area contributed by atoms with E-state index in [1.54, 1.807) is 0 Å². The maximum atomic E-state index is 12.9. The molecule has 0 bridgehead atoms. The maximum absolute atomic E-state index is 12.9. The second-order valence-electron chi connectivity index (χ2n) is 19.2. The van der Waals surface area contributed by atoms with Crippen LogP contribution in [0.3, 0.4) is 0 Å². The lowest BCUT2D eigenvalue weighted by molar-refractivity contribution is -0.167. The molecule has 0 aliphatic heterocycles. The molecule has 0 rings (SSSR count). The standard InChI is InChI=1S/C61H108O6/c1-4-7-10-13-16-19-22-25-28-30-33-36-39-42-45-48-51-54-60(63)66-57-58(56-65-59(62)53-50-47-44-41-38-35-32-27-24-21-18-15-12-9-6-3)67-61(64)55-52-49-46-43-40-37-34-31-29-26-23-20-17-14-11-8-5-2/h16,18-19,21,25,27-28,32-33,36,58H,4-15,17,20,22-24,26,29-31,34-35,37-57H2,1-3H3/b19-16+,21-18+,28-25+,32-27+,36-33+/t58-/m1/s1. The van der Waals surface area contributed by atoms with Crippen LogP contribution in [0.5, 0.6) is 0 Å². The minimum atomic E-state index is -0.788. The van der Waals surface area contributed by atoms with Crippen molar-refractivity contribution in [1.29, 1.82) is 0 Å². The second-order valence-corrected chi connectivity index (χ2v) is 19.2. The molecule has 1 atom stereocenters. The molecule has 0 aliphatic carbocycles. The molecule has 0 fully saturated rings. The van der Waals surface area contributed by atoms with E-state index in [2.05, 4.69) is 81.5 Å². The lowest BCUT2D eigenvalue weighted by Crippen LogP contribution is -2.30. The summed E-state index contributed by atoms with van der Waals surface area (Å²) in [5, 5.41) is 0. The predicted molar refractivity (Wildman–Crippen MR) is 288 cm³/mol. The zero-order valence-electron chi connectivity index (χ0n) is 44.4. The van der Waals surface area contributed by atoms with Gasteiger partial charge in [-0.1, -0.05) is 242 Å². The van der Waals surface area contributed by atoms with Crippen LogP contribution >= 0.6 is 0 Å². The lowest BCUT2D eigenvalue weighted by atomic mass is 10.0. The number of unbranched alkanes of at least 4 members (excludes halogenated alkanes) is 31. The van der Waals surface area contributed by atoms with Crippen molar-refractivity contribution in [3.05, 3.63) is 60.8 Å². The van der Waals surface area contributed by atoms with Crippen LogP contribution in [0.2, 0.25) is 0 Å². The molecule has 0 aliphatic rings. The first-order chi connectivity index (χ1) is 33.0. The lowest BCUT2D eigenvalue weighted by Gasteiger charge is -2.18. The second kappa shape index (κ2) is 55.7. The van der Waals surface area contributed by atoms with Gasteiger partial charge in [0, 0.05) is 19.3 Å². The van der Waals surface area contributed by atoms with Gasteiger partial charge in [0.25, 0.3) is 0 Å². The third-order valence-electron chi connectivity index (χ3n) is 12.5. The fraction of sp³-hybridized carbons (Fsp3) is 0.787. The van der Waals surface area contributed by atoms with Crippen LogP contribution in [-0.2, 0) is 28.6 Å². The molecule has 67 heavy (non-hydrogen) atoms.